The van der Waals surface area contributed by atoms with Crippen molar-refractivity contribution >= 4 is 22.8 Å². The maximum absolute atomic E-state index is 12.1. The van der Waals surface area contributed by atoms with E-state index in [1.54, 1.807) is 0 Å². The number of benzene rings is 1. The Morgan fingerprint density at radius 3 is 2.68 bits per heavy atom. The van der Waals surface area contributed by atoms with E-state index in [1.165, 1.54) is 5.56 Å². The van der Waals surface area contributed by atoms with Crippen LogP contribution in [0, 0.1) is 0 Å². The maximum atomic E-state index is 12.1. The highest BCUT2D eigenvalue weighted by Gasteiger charge is 2.19. The Bertz CT molecular complexity index is 676. The third-order valence-electron chi connectivity index (χ3n) is 3.83. The molecule has 0 saturated carbocycles. The molecule has 2 rings (SSSR count). The largest absolute Gasteiger partial charge is 0.480 e. The summed E-state index contributed by atoms with van der Waals surface area (Å²) >= 11 is 0. The standard InChI is InChI=1S/C17H22N2O3/c1-3-6-14(17(21)22)19-15(20)9-12-10-18-16-11(4-2)7-5-8-13(12)16/h5,7-8,10,14,18H,3-4,6,9H2,1-2H3,(H,19,20)(H,21,22). The van der Waals surface area contributed by atoms with E-state index in [4.69, 9.17) is 5.11 Å². The van der Waals surface area contributed by atoms with Crippen LogP contribution >= 0.6 is 0 Å². The fourth-order valence-electron chi connectivity index (χ4n) is 2.68. The summed E-state index contributed by atoms with van der Waals surface area (Å²) in [5, 5.41) is 12.7. The zero-order valence-electron chi connectivity index (χ0n) is 13.0. The van der Waals surface area contributed by atoms with Crippen LogP contribution in [-0.2, 0) is 22.4 Å². The number of carbonyl (C=O) groups excluding carboxylic acids is 1. The SMILES string of the molecule is CCCC(NC(=O)Cc1c[nH]c2c(CC)cccc12)C(=O)O. The molecule has 1 atom stereocenters. The lowest BCUT2D eigenvalue weighted by Crippen LogP contribution is -2.41. The number of nitrogens with one attached hydrogen (secondary N) is 2. The van der Waals surface area contributed by atoms with Crippen molar-refractivity contribution in [1.82, 2.24) is 10.3 Å². The number of carboxylic acids is 1. The first kappa shape index (κ1) is 16.1. The van der Waals surface area contributed by atoms with Gasteiger partial charge in [0.15, 0.2) is 0 Å². The molecule has 1 aromatic carbocycles. The van der Waals surface area contributed by atoms with Crippen LogP contribution in [0.1, 0.15) is 37.8 Å². The van der Waals surface area contributed by atoms with Crippen LogP contribution in [0.25, 0.3) is 10.9 Å². The molecule has 5 nitrogen and oxygen atoms in total. The Labute approximate surface area is 129 Å². The second-order valence-corrected chi connectivity index (χ2v) is 5.43. The molecule has 1 aromatic heterocycles. The molecule has 118 valence electrons. The van der Waals surface area contributed by atoms with Crippen molar-refractivity contribution in [3.05, 3.63) is 35.5 Å². The van der Waals surface area contributed by atoms with Gasteiger partial charge in [-0.1, -0.05) is 38.5 Å². The molecule has 2 aromatic rings. The van der Waals surface area contributed by atoms with Crippen LogP contribution in [0.4, 0.5) is 0 Å². The average Bonchev–Trinajstić information content (AvgIpc) is 2.89. The summed E-state index contributed by atoms with van der Waals surface area (Å²) in [6.45, 7) is 3.98. The van der Waals surface area contributed by atoms with Crippen LogP contribution in [0.5, 0.6) is 0 Å². The first-order valence-electron chi connectivity index (χ1n) is 7.66. The minimum atomic E-state index is -0.984. The van der Waals surface area contributed by atoms with Crippen molar-refractivity contribution in [2.24, 2.45) is 0 Å². The molecule has 0 aliphatic rings. The number of aromatic amines is 1. The molecule has 5 heteroatoms. The van der Waals surface area contributed by atoms with Crippen molar-refractivity contribution in [2.75, 3.05) is 0 Å². The van der Waals surface area contributed by atoms with Crippen LogP contribution in [0.3, 0.4) is 0 Å². The first-order valence-corrected chi connectivity index (χ1v) is 7.66. The van der Waals surface area contributed by atoms with Gasteiger partial charge in [0, 0.05) is 17.1 Å². The van der Waals surface area contributed by atoms with Crippen LogP contribution < -0.4 is 5.32 Å². The summed E-state index contributed by atoms with van der Waals surface area (Å²) < 4.78 is 0. The maximum Gasteiger partial charge on any atom is 0.326 e. The van der Waals surface area contributed by atoms with Gasteiger partial charge in [-0.15, -0.1) is 0 Å². The number of carbonyl (C=O) groups is 2. The second kappa shape index (κ2) is 7.11. The predicted octanol–water partition coefficient (Wildman–Crippen LogP) is 2.64. The fraction of sp³-hybridized carbons (Fsp3) is 0.412. The average molecular weight is 302 g/mol. The number of fused-ring (bicyclic) bond motifs is 1. The van der Waals surface area contributed by atoms with E-state index in [1.807, 2.05) is 25.3 Å². The molecule has 0 aliphatic heterocycles. The molecule has 22 heavy (non-hydrogen) atoms. The highest BCUT2D eigenvalue weighted by molar-refractivity contribution is 5.91. The number of hydrogen-bond acceptors (Lipinski definition) is 2. The Morgan fingerprint density at radius 2 is 2.05 bits per heavy atom. The number of amides is 1. The van der Waals surface area contributed by atoms with E-state index in [-0.39, 0.29) is 12.3 Å². The van der Waals surface area contributed by atoms with Gasteiger partial charge in [-0.05, 0) is 24.0 Å². The predicted molar refractivity (Wildman–Crippen MR) is 85.9 cm³/mol. The molecular weight excluding hydrogens is 280 g/mol. The van der Waals surface area contributed by atoms with E-state index >= 15 is 0 Å². The number of aryl methyl sites for hydroxylation is 1. The van der Waals surface area contributed by atoms with Gasteiger partial charge in [-0.3, -0.25) is 4.79 Å². The molecule has 1 amide bonds. The van der Waals surface area contributed by atoms with Gasteiger partial charge in [0.25, 0.3) is 0 Å². The lowest BCUT2D eigenvalue weighted by atomic mass is 10.0. The second-order valence-electron chi connectivity index (χ2n) is 5.43. The highest BCUT2D eigenvalue weighted by Crippen LogP contribution is 2.22. The van der Waals surface area contributed by atoms with Gasteiger partial charge in [-0.2, -0.15) is 0 Å². The monoisotopic (exact) mass is 302 g/mol. The van der Waals surface area contributed by atoms with Crippen molar-refractivity contribution in [1.29, 1.82) is 0 Å². The van der Waals surface area contributed by atoms with E-state index < -0.39 is 12.0 Å². The van der Waals surface area contributed by atoms with Gasteiger partial charge in [0.05, 0.1) is 6.42 Å². The van der Waals surface area contributed by atoms with Crippen LogP contribution in [-0.4, -0.2) is 28.0 Å². The summed E-state index contributed by atoms with van der Waals surface area (Å²) in [6, 6.07) is 5.21. The number of aromatic nitrogens is 1. The lowest BCUT2D eigenvalue weighted by molar-refractivity contribution is -0.141. The summed E-state index contributed by atoms with van der Waals surface area (Å²) in [7, 11) is 0. The van der Waals surface area contributed by atoms with Gasteiger partial charge >= 0.3 is 5.97 Å². The molecule has 0 saturated heterocycles. The molecule has 0 spiro atoms. The van der Waals surface area contributed by atoms with Crippen molar-refractivity contribution in [3.63, 3.8) is 0 Å². The molecule has 3 N–H and O–H groups in total. The number of aliphatic carboxylic acids is 1. The number of rotatable bonds is 7. The topological polar surface area (TPSA) is 82.2 Å². The van der Waals surface area contributed by atoms with Gasteiger partial charge < -0.3 is 15.4 Å². The number of hydrogen-bond donors (Lipinski definition) is 3. The van der Waals surface area contributed by atoms with E-state index in [9.17, 15) is 9.59 Å². The van der Waals surface area contributed by atoms with Crippen LogP contribution in [0.2, 0.25) is 0 Å². The van der Waals surface area contributed by atoms with Crippen molar-refractivity contribution < 1.29 is 14.7 Å². The van der Waals surface area contributed by atoms with Crippen LogP contribution in [0.15, 0.2) is 24.4 Å². The number of para-hydroxylation sites is 1. The molecule has 0 aliphatic carbocycles. The quantitative estimate of drug-likeness (QED) is 0.735. The number of carboxylic acid groups (broad SMARTS) is 1. The van der Waals surface area contributed by atoms with E-state index in [0.29, 0.717) is 12.8 Å². The third-order valence-corrected chi connectivity index (χ3v) is 3.83. The lowest BCUT2D eigenvalue weighted by Gasteiger charge is -2.13. The van der Waals surface area contributed by atoms with Crippen molar-refractivity contribution in [2.45, 2.75) is 45.6 Å². The normalized spacial score (nSPS) is 12.3. The summed E-state index contributed by atoms with van der Waals surface area (Å²) in [6.07, 6.45) is 4.08. The summed E-state index contributed by atoms with van der Waals surface area (Å²) in [5.41, 5.74) is 3.15. The highest BCUT2D eigenvalue weighted by atomic mass is 16.4. The van der Waals surface area contributed by atoms with Gasteiger partial charge in [0.2, 0.25) is 5.91 Å². The summed E-state index contributed by atoms with van der Waals surface area (Å²) in [4.78, 5) is 26.4. The summed E-state index contributed by atoms with van der Waals surface area (Å²) in [5.74, 6) is -1.24. The zero-order valence-corrected chi connectivity index (χ0v) is 13.0. The Balaban J connectivity index is 2.13. The third kappa shape index (κ3) is 3.47. The molecule has 1 heterocycles. The van der Waals surface area contributed by atoms with Gasteiger partial charge in [-0.25, -0.2) is 4.79 Å². The molecular formula is C17H22N2O3. The van der Waals surface area contributed by atoms with Crippen molar-refractivity contribution in [3.8, 4) is 0 Å². The Morgan fingerprint density at radius 1 is 1.27 bits per heavy atom. The smallest absolute Gasteiger partial charge is 0.326 e. The Kier molecular flexibility index (Phi) is 5.20. The first-order chi connectivity index (χ1) is 10.6. The molecule has 0 bridgehead atoms. The van der Waals surface area contributed by atoms with E-state index in [0.717, 1.165) is 22.9 Å². The Hall–Kier alpha value is -2.30. The minimum absolute atomic E-state index is 0.181. The fourth-order valence-corrected chi connectivity index (χ4v) is 2.68. The zero-order chi connectivity index (χ0) is 16.1. The molecule has 0 fully saturated rings. The molecule has 0 radical (unpaired) electrons. The number of H-pyrrole nitrogens is 1. The van der Waals surface area contributed by atoms with Gasteiger partial charge in [0.1, 0.15) is 6.04 Å². The van der Waals surface area contributed by atoms with E-state index in [2.05, 4.69) is 23.3 Å². The minimum Gasteiger partial charge on any atom is -0.480 e. The molecule has 1 unspecified atom stereocenters.